The van der Waals surface area contributed by atoms with E-state index in [1.807, 2.05) is 12.4 Å². The Morgan fingerprint density at radius 3 is 2.47 bits per heavy atom. The van der Waals surface area contributed by atoms with Gasteiger partial charge in [-0.15, -0.1) is 0 Å². The number of aromatic nitrogens is 2. The number of nitrogens with zero attached hydrogens (tertiary/aromatic N) is 2. The minimum atomic E-state index is 0.453. The number of benzene rings is 2. The summed E-state index contributed by atoms with van der Waals surface area (Å²) in [6.45, 7) is 12.4. The molecular weight excluding hydrogens is 466 g/mol. The van der Waals surface area contributed by atoms with Crippen molar-refractivity contribution in [2.75, 3.05) is 23.3 Å². The van der Waals surface area contributed by atoms with Crippen molar-refractivity contribution in [3.8, 4) is 0 Å². The first-order valence-electron chi connectivity index (χ1n) is 13.9. The predicted octanol–water partition coefficient (Wildman–Crippen LogP) is 7.87. The molecule has 196 valence electrons. The molecule has 3 N–H and O–H groups in total. The molecule has 0 spiro atoms. The third-order valence-electron chi connectivity index (χ3n) is 7.86. The summed E-state index contributed by atoms with van der Waals surface area (Å²) >= 11 is 0. The number of para-hydroxylation sites is 1. The predicted molar refractivity (Wildman–Crippen MR) is 162 cm³/mol. The molecule has 0 amide bonds. The van der Waals surface area contributed by atoms with E-state index in [0.29, 0.717) is 24.6 Å². The molecule has 5 rings (SSSR count). The molecule has 5 nitrogen and oxygen atoms in total. The Balaban J connectivity index is 1.67. The van der Waals surface area contributed by atoms with Gasteiger partial charge in [-0.25, -0.2) is 4.98 Å². The van der Waals surface area contributed by atoms with E-state index in [4.69, 9.17) is 10.4 Å². The molecule has 2 aromatic heterocycles. The number of H-pyrrole nitrogens is 1. The van der Waals surface area contributed by atoms with Crippen LogP contribution in [0.15, 0.2) is 66.5 Å². The van der Waals surface area contributed by atoms with Crippen LogP contribution in [0.5, 0.6) is 0 Å². The number of aromatic amines is 1. The molecule has 0 bridgehead atoms. The molecular formula is C33H39N5. The molecule has 5 heteroatoms. The molecule has 3 heterocycles. The Bertz CT molecular complexity index is 1470. The highest BCUT2D eigenvalue weighted by Crippen LogP contribution is 2.35. The minimum Gasteiger partial charge on any atom is -0.361 e. The van der Waals surface area contributed by atoms with Crippen LogP contribution in [0.1, 0.15) is 67.9 Å². The summed E-state index contributed by atoms with van der Waals surface area (Å²) in [7, 11) is 0. The lowest BCUT2D eigenvalue weighted by Crippen LogP contribution is -2.37. The van der Waals surface area contributed by atoms with E-state index in [1.165, 1.54) is 33.3 Å². The van der Waals surface area contributed by atoms with Crippen LogP contribution in [-0.2, 0) is 12.8 Å². The van der Waals surface area contributed by atoms with Gasteiger partial charge in [0.15, 0.2) is 0 Å². The Morgan fingerprint density at radius 2 is 1.82 bits per heavy atom. The van der Waals surface area contributed by atoms with Gasteiger partial charge in [0.25, 0.3) is 0 Å². The minimum absolute atomic E-state index is 0.453. The lowest BCUT2D eigenvalue weighted by atomic mass is 9.93. The highest BCUT2D eigenvalue weighted by Gasteiger charge is 2.26. The number of hydrogen-bond acceptors (Lipinski definition) is 4. The van der Waals surface area contributed by atoms with E-state index >= 15 is 0 Å². The van der Waals surface area contributed by atoms with E-state index < -0.39 is 0 Å². The molecule has 0 unspecified atom stereocenters. The van der Waals surface area contributed by atoms with Crippen molar-refractivity contribution in [2.24, 2.45) is 0 Å². The fourth-order valence-corrected chi connectivity index (χ4v) is 5.47. The van der Waals surface area contributed by atoms with Gasteiger partial charge in [0.05, 0.1) is 5.70 Å². The highest BCUT2D eigenvalue weighted by atomic mass is 15.2. The Kier molecular flexibility index (Phi) is 7.37. The van der Waals surface area contributed by atoms with Crippen molar-refractivity contribution < 1.29 is 0 Å². The van der Waals surface area contributed by atoms with Crippen LogP contribution in [-0.4, -0.2) is 28.8 Å². The first-order valence-corrected chi connectivity index (χ1v) is 13.9. The van der Waals surface area contributed by atoms with E-state index in [-0.39, 0.29) is 0 Å². The fraction of sp³-hybridized carbons (Fsp3) is 0.333. The zero-order valence-corrected chi connectivity index (χ0v) is 23.3. The molecule has 1 aliphatic rings. The normalized spacial score (nSPS) is 15.4. The van der Waals surface area contributed by atoms with Gasteiger partial charge in [-0.05, 0) is 60.1 Å². The molecule has 38 heavy (non-hydrogen) atoms. The average Bonchev–Trinajstić information content (AvgIpc) is 3.44. The Labute approximate surface area is 226 Å². The summed E-state index contributed by atoms with van der Waals surface area (Å²) < 4.78 is 0. The number of pyridine rings is 1. The maximum Gasteiger partial charge on any atom is 0.128 e. The summed E-state index contributed by atoms with van der Waals surface area (Å²) in [5.74, 6) is 1.42. The first-order chi connectivity index (χ1) is 18.4. The number of fused-ring (bicyclic) bond motifs is 1. The summed E-state index contributed by atoms with van der Waals surface area (Å²) in [6, 6.07) is 17.4. The van der Waals surface area contributed by atoms with Crippen LogP contribution in [0.25, 0.3) is 16.6 Å². The van der Waals surface area contributed by atoms with E-state index in [0.717, 1.165) is 47.6 Å². The second-order valence-electron chi connectivity index (χ2n) is 10.6. The number of hydrogen-bond donors (Lipinski definition) is 3. The second kappa shape index (κ2) is 10.9. The van der Waals surface area contributed by atoms with Crippen molar-refractivity contribution in [3.05, 3.63) is 94.3 Å². The monoisotopic (exact) mass is 505 g/mol. The van der Waals surface area contributed by atoms with Crippen molar-refractivity contribution in [1.29, 1.82) is 5.41 Å². The number of anilines is 2. The topological polar surface area (TPSA) is 67.8 Å². The van der Waals surface area contributed by atoms with E-state index in [2.05, 4.69) is 98.4 Å². The molecule has 1 fully saturated rings. The first kappa shape index (κ1) is 25.8. The summed E-state index contributed by atoms with van der Waals surface area (Å²) in [5, 5.41) is 14.2. The smallest absolute Gasteiger partial charge is 0.128 e. The Morgan fingerprint density at radius 1 is 1.05 bits per heavy atom. The standard InChI is InChI=1S/C33H39N5/c1-6-23-9-8-10-24(7-2)32(23)37-33(26-13-11-22(5)31-27(26)15-17-35-31)28-20-38(18-16-29(28)34)30-14-12-25(19-36-30)21(3)4/h8-15,17,19,21,34-35,37H,6-7,16,18,20H2,1-5H3/b33-28-,34-29?. The fourth-order valence-electron chi connectivity index (χ4n) is 5.47. The van der Waals surface area contributed by atoms with Gasteiger partial charge in [0.2, 0.25) is 0 Å². The van der Waals surface area contributed by atoms with Crippen molar-refractivity contribution >= 4 is 33.8 Å². The van der Waals surface area contributed by atoms with E-state index in [9.17, 15) is 0 Å². The third kappa shape index (κ3) is 4.85. The largest absolute Gasteiger partial charge is 0.361 e. The summed E-state index contributed by atoms with van der Waals surface area (Å²) in [4.78, 5) is 10.6. The van der Waals surface area contributed by atoms with Gasteiger partial charge in [-0.1, -0.05) is 64.1 Å². The van der Waals surface area contributed by atoms with Gasteiger partial charge < -0.3 is 20.6 Å². The molecule has 0 saturated carbocycles. The van der Waals surface area contributed by atoms with Gasteiger partial charge >= 0.3 is 0 Å². The number of rotatable bonds is 7. The van der Waals surface area contributed by atoms with Crippen LogP contribution in [0, 0.1) is 12.3 Å². The molecule has 0 atom stereocenters. The number of aryl methyl sites for hydroxylation is 3. The lowest BCUT2D eigenvalue weighted by molar-refractivity contribution is 0.799. The van der Waals surface area contributed by atoms with E-state index in [1.54, 1.807) is 0 Å². The molecule has 1 saturated heterocycles. The molecule has 0 radical (unpaired) electrons. The van der Waals surface area contributed by atoms with Crippen LogP contribution in [0.3, 0.4) is 0 Å². The van der Waals surface area contributed by atoms with Crippen molar-refractivity contribution in [3.63, 3.8) is 0 Å². The van der Waals surface area contributed by atoms with Crippen LogP contribution in [0.2, 0.25) is 0 Å². The summed E-state index contributed by atoms with van der Waals surface area (Å²) in [6.07, 6.45) is 6.59. The quantitative estimate of drug-likeness (QED) is 0.239. The molecule has 1 aliphatic heterocycles. The zero-order chi connectivity index (χ0) is 26.8. The van der Waals surface area contributed by atoms with Gasteiger partial charge in [-0.3, -0.25) is 0 Å². The maximum atomic E-state index is 9.09. The number of piperidine rings is 1. The molecule has 4 aromatic rings. The number of nitrogens with one attached hydrogen (secondary N) is 3. The van der Waals surface area contributed by atoms with Gasteiger partial charge in [0.1, 0.15) is 5.82 Å². The zero-order valence-electron chi connectivity index (χ0n) is 23.3. The second-order valence-corrected chi connectivity index (χ2v) is 10.6. The van der Waals surface area contributed by atoms with Gasteiger partial charge in [0, 0.05) is 65.3 Å². The van der Waals surface area contributed by atoms with Crippen LogP contribution >= 0.6 is 0 Å². The SMILES string of the molecule is CCc1cccc(CC)c1N/C(=C1/CN(c2ccc(C(C)C)cn2)CCC1=N)c1ccc(C)c2[nH]ccc12. The highest BCUT2D eigenvalue weighted by molar-refractivity contribution is 6.11. The van der Waals surface area contributed by atoms with Crippen molar-refractivity contribution in [1.82, 2.24) is 9.97 Å². The lowest BCUT2D eigenvalue weighted by Gasteiger charge is -2.33. The van der Waals surface area contributed by atoms with Gasteiger partial charge in [-0.2, -0.15) is 0 Å². The maximum absolute atomic E-state index is 9.09. The molecule has 2 aromatic carbocycles. The third-order valence-corrected chi connectivity index (χ3v) is 7.86. The van der Waals surface area contributed by atoms with Crippen LogP contribution in [0.4, 0.5) is 11.5 Å². The van der Waals surface area contributed by atoms with Crippen molar-refractivity contribution in [2.45, 2.75) is 59.8 Å². The molecule has 0 aliphatic carbocycles. The van der Waals surface area contributed by atoms with Crippen LogP contribution < -0.4 is 10.2 Å². The Hall–Kier alpha value is -3.86. The average molecular weight is 506 g/mol. The summed E-state index contributed by atoms with van der Waals surface area (Å²) in [5.41, 5.74) is 11.3.